The van der Waals surface area contributed by atoms with Gasteiger partial charge in [-0.1, -0.05) is 66.7 Å². The highest BCUT2D eigenvalue weighted by molar-refractivity contribution is 5.84. The summed E-state index contributed by atoms with van der Waals surface area (Å²) in [4.78, 5) is 47.0. The Morgan fingerprint density at radius 3 is 1.82 bits per heavy atom. The minimum absolute atomic E-state index is 0.270. The Morgan fingerprint density at radius 1 is 0.711 bits per heavy atom. The van der Waals surface area contributed by atoms with Gasteiger partial charge in [-0.15, -0.1) is 0 Å². The van der Waals surface area contributed by atoms with Gasteiger partial charge in [0.2, 0.25) is 17.9 Å². The number of benzene rings is 3. The smallest absolute Gasteiger partial charge is 0.382 e. The molecule has 8 heteroatoms. The van der Waals surface area contributed by atoms with E-state index in [0.717, 1.165) is 22.3 Å². The van der Waals surface area contributed by atoms with Gasteiger partial charge in [0, 0.05) is 13.1 Å². The monoisotopic (exact) mass is 518 g/mol. The van der Waals surface area contributed by atoms with E-state index < -0.39 is 24.6 Å². The van der Waals surface area contributed by atoms with Gasteiger partial charge in [-0.3, -0.25) is 14.5 Å². The van der Waals surface area contributed by atoms with Crippen LogP contribution in [-0.4, -0.2) is 43.6 Å². The Balaban J connectivity index is 1.45. The lowest BCUT2D eigenvalue weighted by Crippen LogP contribution is -2.37. The Hall–Kier alpha value is -4.17. The summed E-state index contributed by atoms with van der Waals surface area (Å²) in [7, 11) is 0. The maximum atomic E-state index is 12.7. The lowest BCUT2D eigenvalue weighted by Gasteiger charge is -2.17. The maximum absolute atomic E-state index is 12.7. The van der Waals surface area contributed by atoms with Crippen molar-refractivity contribution in [2.75, 3.05) is 19.7 Å². The second-order valence-corrected chi connectivity index (χ2v) is 8.84. The number of nitrogens with one attached hydrogen (secondary N) is 2. The second-order valence-electron chi connectivity index (χ2n) is 8.84. The first-order valence-corrected chi connectivity index (χ1v) is 12.6. The average molecular weight is 519 g/mol. The van der Waals surface area contributed by atoms with Crippen LogP contribution in [-0.2, 0) is 37.0 Å². The molecule has 1 atom stereocenters. The first-order chi connectivity index (χ1) is 18.4. The van der Waals surface area contributed by atoms with Crippen molar-refractivity contribution in [2.24, 2.45) is 0 Å². The summed E-state index contributed by atoms with van der Waals surface area (Å²) in [6.45, 7) is 4.39. The van der Waals surface area contributed by atoms with Crippen LogP contribution in [0, 0.1) is 13.8 Å². The second kappa shape index (κ2) is 15.2. The standard InChI is InChI=1S/C30H34N2O6/c1-22-10-6-8-12-24(22)16-18-31-28(33)20-27(37-26-14-4-3-5-15-26)30(35)38-36-21-29(34)32-19-17-25-13-9-7-11-23(25)2/h3-15,27H,16-21H2,1-2H3,(H,31,33)(H,32,34). The lowest BCUT2D eigenvalue weighted by atomic mass is 10.1. The molecule has 3 aromatic carbocycles. The maximum Gasteiger partial charge on any atom is 0.382 e. The van der Waals surface area contributed by atoms with Gasteiger partial charge < -0.3 is 15.4 Å². The highest BCUT2D eigenvalue weighted by Gasteiger charge is 2.27. The van der Waals surface area contributed by atoms with Crippen LogP contribution in [0.2, 0.25) is 0 Å². The van der Waals surface area contributed by atoms with E-state index in [1.165, 1.54) is 0 Å². The zero-order valence-electron chi connectivity index (χ0n) is 21.8. The Kier molecular flexibility index (Phi) is 11.3. The van der Waals surface area contributed by atoms with Gasteiger partial charge in [0.25, 0.3) is 0 Å². The largest absolute Gasteiger partial charge is 0.478 e. The molecule has 38 heavy (non-hydrogen) atoms. The third-order valence-corrected chi connectivity index (χ3v) is 5.94. The molecule has 2 amide bonds. The van der Waals surface area contributed by atoms with Crippen LogP contribution in [0.25, 0.3) is 0 Å². The Morgan fingerprint density at radius 2 is 1.24 bits per heavy atom. The predicted molar refractivity (Wildman–Crippen MR) is 143 cm³/mol. The molecular weight excluding hydrogens is 484 g/mol. The molecule has 0 heterocycles. The van der Waals surface area contributed by atoms with Crippen molar-refractivity contribution in [1.82, 2.24) is 10.6 Å². The minimum atomic E-state index is -1.25. The van der Waals surface area contributed by atoms with Crippen molar-refractivity contribution in [1.29, 1.82) is 0 Å². The topological polar surface area (TPSA) is 103 Å². The summed E-state index contributed by atoms with van der Waals surface area (Å²) in [6.07, 6.45) is -0.188. The van der Waals surface area contributed by atoms with Crippen molar-refractivity contribution in [2.45, 2.75) is 39.2 Å². The molecule has 0 bridgehead atoms. The molecule has 0 spiro atoms. The van der Waals surface area contributed by atoms with Crippen LogP contribution < -0.4 is 15.4 Å². The number of carbonyl (C=O) groups is 3. The number of carbonyl (C=O) groups excluding carboxylic acids is 3. The number of ether oxygens (including phenoxy) is 1. The zero-order valence-corrected chi connectivity index (χ0v) is 21.8. The fraction of sp³-hybridized carbons (Fsp3) is 0.300. The third-order valence-electron chi connectivity index (χ3n) is 5.94. The quantitative estimate of drug-likeness (QED) is 0.250. The van der Waals surface area contributed by atoms with Crippen LogP contribution >= 0.6 is 0 Å². The Bertz CT molecular complexity index is 1200. The zero-order chi connectivity index (χ0) is 27.2. The molecule has 0 aliphatic carbocycles. The van der Waals surface area contributed by atoms with Gasteiger partial charge >= 0.3 is 5.97 Å². The van der Waals surface area contributed by atoms with Crippen LogP contribution in [0.3, 0.4) is 0 Å². The van der Waals surface area contributed by atoms with Crippen molar-refractivity contribution < 1.29 is 28.9 Å². The van der Waals surface area contributed by atoms with Crippen LogP contribution in [0.1, 0.15) is 28.7 Å². The van der Waals surface area contributed by atoms with Gasteiger partial charge in [-0.25, -0.2) is 4.79 Å². The molecule has 0 saturated heterocycles. The Labute approximate surface area is 223 Å². The normalized spacial score (nSPS) is 11.3. The summed E-state index contributed by atoms with van der Waals surface area (Å²) in [5.74, 6) is -1.31. The lowest BCUT2D eigenvalue weighted by molar-refractivity contribution is -0.273. The number of aryl methyl sites for hydroxylation is 2. The SMILES string of the molecule is Cc1ccccc1CCNC(=O)COOC(=O)C(CC(=O)NCCc1ccccc1C)Oc1ccccc1. The van der Waals surface area contributed by atoms with Crippen molar-refractivity contribution >= 4 is 17.8 Å². The molecule has 1 unspecified atom stereocenters. The van der Waals surface area contributed by atoms with E-state index in [1.807, 2.05) is 62.4 Å². The highest BCUT2D eigenvalue weighted by Crippen LogP contribution is 2.14. The first-order valence-electron chi connectivity index (χ1n) is 12.6. The van der Waals surface area contributed by atoms with Crippen molar-refractivity contribution in [3.05, 3.63) is 101 Å². The fourth-order valence-corrected chi connectivity index (χ4v) is 3.78. The summed E-state index contributed by atoms with van der Waals surface area (Å²) in [5, 5.41) is 5.54. The molecule has 200 valence electrons. The van der Waals surface area contributed by atoms with E-state index in [2.05, 4.69) is 10.6 Å². The van der Waals surface area contributed by atoms with Crippen molar-refractivity contribution in [3.8, 4) is 5.75 Å². The van der Waals surface area contributed by atoms with Gasteiger partial charge in [0.1, 0.15) is 5.75 Å². The van der Waals surface area contributed by atoms with E-state index in [0.29, 0.717) is 31.7 Å². The highest BCUT2D eigenvalue weighted by atomic mass is 17.2. The van der Waals surface area contributed by atoms with Gasteiger partial charge in [0.15, 0.2) is 6.61 Å². The molecule has 0 radical (unpaired) electrons. The first kappa shape index (κ1) is 28.4. The van der Waals surface area contributed by atoms with E-state index in [4.69, 9.17) is 14.5 Å². The van der Waals surface area contributed by atoms with Gasteiger partial charge in [-0.2, -0.15) is 4.89 Å². The van der Waals surface area contributed by atoms with E-state index >= 15 is 0 Å². The summed E-state index contributed by atoms with van der Waals surface area (Å²) in [5.41, 5.74) is 4.57. The minimum Gasteiger partial charge on any atom is -0.478 e. The van der Waals surface area contributed by atoms with Gasteiger partial charge in [-0.05, 0) is 61.1 Å². The summed E-state index contributed by atoms with van der Waals surface area (Å²) < 4.78 is 5.70. The molecule has 3 aromatic rings. The molecule has 3 rings (SSSR count). The molecule has 8 nitrogen and oxygen atoms in total. The van der Waals surface area contributed by atoms with Crippen LogP contribution in [0.4, 0.5) is 0 Å². The molecule has 0 saturated carbocycles. The molecular formula is C30H34N2O6. The fourth-order valence-electron chi connectivity index (χ4n) is 3.78. The number of rotatable bonds is 14. The molecule has 0 aliphatic heterocycles. The summed E-state index contributed by atoms with van der Waals surface area (Å²) in [6, 6.07) is 24.5. The van der Waals surface area contributed by atoms with Crippen LogP contribution in [0.15, 0.2) is 78.9 Å². The molecule has 2 N–H and O–H groups in total. The predicted octanol–water partition coefficient (Wildman–Crippen LogP) is 3.63. The van der Waals surface area contributed by atoms with E-state index in [-0.39, 0.29) is 12.3 Å². The average Bonchev–Trinajstić information content (AvgIpc) is 2.91. The number of hydrogen-bond acceptors (Lipinski definition) is 6. The van der Waals surface area contributed by atoms with E-state index in [9.17, 15) is 14.4 Å². The number of para-hydroxylation sites is 1. The molecule has 0 fully saturated rings. The number of hydrogen-bond donors (Lipinski definition) is 2. The summed E-state index contributed by atoms with van der Waals surface area (Å²) >= 11 is 0. The molecule has 0 aromatic heterocycles. The molecule has 0 aliphatic rings. The van der Waals surface area contributed by atoms with Crippen molar-refractivity contribution in [3.63, 3.8) is 0 Å². The van der Waals surface area contributed by atoms with E-state index in [1.54, 1.807) is 30.3 Å². The number of amides is 2. The third kappa shape index (κ3) is 9.71. The van der Waals surface area contributed by atoms with Gasteiger partial charge in [0.05, 0.1) is 6.42 Å². The van der Waals surface area contributed by atoms with Crippen LogP contribution in [0.5, 0.6) is 5.75 Å².